The van der Waals surface area contributed by atoms with Crippen LogP contribution in [-0.4, -0.2) is 27.3 Å². The van der Waals surface area contributed by atoms with Crippen molar-refractivity contribution in [2.24, 2.45) is 10.2 Å². The fourth-order valence-corrected chi connectivity index (χ4v) is 3.65. The molecule has 0 spiro atoms. The Morgan fingerprint density at radius 1 is 1.34 bits per heavy atom. The molecule has 0 radical (unpaired) electrons. The van der Waals surface area contributed by atoms with Gasteiger partial charge in [0.05, 0.1) is 12.2 Å². The van der Waals surface area contributed by atoms with Gasteiger partial charge < -0.3 is 15.8 Å². The highest BCUT2D eigenvalue weighted by molar-refractivity contribution is 7.13. The summed E-state index contributed by atoms with van der Waals surface area (Å²) < 4.78 is 6.95. The number of rotatable bonds is 5. The number of azo groups is 1. The number of anilines is 2. The molecule has 3 heterocycles. The lowest BCUT2D eigenvalue weighted by Gasteiger charge is -2.29. The minimum absolute atomic E-state index is 0.201. The number of allylic oxidation sites excluding steroid dienone is 1. The van der Waals surface area contributed by atoms with E-state index in [4.69, 9.17) is 10.5 Å². The molecule has 9 nitrogen and oxygen atoms in total. The summed E-state index contributed by atoms with van der Waals surface area (Å²) in [6.07, 6.45) is 1.65. The van der Waals surface area contributed by atoms with E-state index in [0.29, 0.717) is 27.9 Å². The number of aromatic nitrogens is 3. The summed E-state index contributed by atoms with van der Waals surface area (Å²) in [6.45, 7) is 3.87. The molecule has 1 aliphatic rings. The van der Waals surface area contributed by atoms with Gasteiger partial charge in [-0.3, -0.25) is 0 Å². The maximum atomic E-state index is 12.7. The number of esters is 1. The monoisotopic (exact) mass is 409 g/mol. The number of ether oxygens (including phenoxy) is 1. The van der Waals surface area contributed by atoms with Gasteiger partial charge in [0, 0.05) is 17.3 Å². The Hall–Kier alpha value is -3.53. The van der Waals surface area contributed by atoms with Crippen LogP contribution in [0.25, 0.3) is 0 Å². The van der Waals surface area contributed by atoms with E-state index in [-0.39, 0.29) is 12.4 Å². The normalized spacial score (nSPS) is 16.0. The van der Waals surface area contributed by atoms with Crippen molar-refractivity contribution in [2.75, 3.05) is 17.7 Å². The van der Waals surface area contributed by atoms with Gasteiger partial charge in [-0.05, 0) is 19.4 Å². The predicted octanol–water partition coefficient (Wildman–Crippen LogP) is 4.19. The Morgan fingerprint density at radius 2 is 2.14 bits per heavy atom. The molecular formula is C19H19N7O2S. The summed E-state index contributed by atoms with van der Waals surface area (Å²) in [7, 11) is 0. The number of hydrogen-bond acceptors (Lipinski definition) is 9. The number of carbonyl (C=O) groups excluding carboxylic acids is 1. The van der Waals surface area contributed by atoms with Crippen molar-refractivity contribution in [1.82, 2.24) is 14.8 Å². The quantitative estimate of drug-likeness (QED) is 0.482. The van der Waals surface area contributed by atoms with E-state index in [1.165, 1.54) is 11.3 Å². The third-order valence-corrected chi connectivity index (χ3v) is 5.06. The number of fused-ring (bicyclic) bond motifs is 1. The average molecular weight is 409 g/mol. The molecule has 29 heavy (non-hydrogen) atoms. The highest BCUT2D eigenvalue weighted by atomic mass is 32.1. The molecule has 0 amide bonds. The molecule has 2 aromatic heterocycles. The topological polar surface area (TPSA) is 120 Å². The van der Waals surface area contributed by atoms with Gasteiger partial charge in [-0.15, -0.1) is 21.6 Å². The predicted molar refractivity (Wildman–Crippen MR) is 110 cm³/mol. The summed E-state index contributed by atoms with van der Waals surface area (Å²) in [5.74, 6) is 0.353. The number of hydrogen-bond donors (Lipinski definition) is 2. The summed E-state index contributed by atoms with van der Waals surface area (Å²) in [5, 5.41) is 18.4. The first-order valence-corrected chi connectivity index (χ1v) is 9.87. The Labute approximate surface area is 170 Å². The van der Waals surface area contributed by atoms with Crippen molar-refractivity contribution in [3.63, 3.8) is 0 Å². The number of nitrogens with two attached hydrogens (primary N) is 1. The second kappa shape index (κ2) is 7.84. The Bertz CT molecular complexity index is 1090. The van der Waals surface area contributed by atoms with Crippen molar-refractivity contribution >= 4 is 39.8 Å². The zero-order chi connectivity index (χ0) is 20.4. The van der Waals surface area contributed by atoms with Crippen LogP contribution in [-0.2, 0) is 9.53 Å². The van der Waals surface area contributed by atoms with Gasteiger partial charge in [-0.25, -0.2) is 14.5 Å². The fourth-order valence-electron chi connectivity index (χ4n) is 3.19. The van der Waals surface area contributed by atoms with Crippen LogP contribution in [0.15, 0.2) is 63.4 Å². The maximum absolute atomic E-state index is 12.7. The van der Waals surface area contributed by atoms with Gasteiger partial charge in [0.2, 0.25) is 5.13 Å². The third kappa shape index (κ3) is 3.49. The van der Waals surface area contributed by atoms with Crippen molar-refractivity contribution in [3.8, 4) is 0 Å². The zero-order valence-electron chi connectivity index (χ0n) is 15.9. The lowest BCUT2D eigenvalue weighted by atomic mass is 9.95. The molecule has 0 bridgehead atoms. The Morgan fingerprint density at radius 3 is 2.83 bits per heavy atom. The lowest BCUT2D eigenvalue weighted by molar-refractivity contribution is -0.139. The number of benzene rings is 1. The number of thiazole rings is 1. The van der Waals surface area contributed by atoms with Crippen molar-refractivity contribution in [1.29, 1.82) is 0 Å². The molecule has 10 heteroatoms. The van der Waals surface area contributed by atoms with Crippen molar-refractivity contribution in [3.05, 3.63) is 58.7 Å². The highest BCUT2D eigenvalue weighted by Crippen LogP contribution is 2.43. The highest BCUT2D eigenvalue weighted by Gasteiger charge is 2.36. The molecule has 0 saturated carbocycles. The molecule has 3 N–H and O–H groups in total. The molecule has 0 fully saturated rings. The first kappa shape index (κ1) is 18.8. The molecule has 1 unspecified atom stereocenters. The van der Waals surface area contributed by atoms with E-state index < -0.39 is 12.0 Å². The van der Waals surface area contributed by atoms with E-state index in [2.05, 4.69) is 25.6 Å². The van der Waals surface area contributed by atoms with Gasteiger partial charge in [-0.1, -0.05) is 30.3 Å². The smallest absolute Gasteiger partial charge is 0.338 e. The summed E-state index contributed by atoms with van der Waals surface area (Å²) in [5.41, 5.74) is 8.54. The minimum atomic E-state index is -0.502. The standard InChI is InChI=1S/C19H19N7O2S/c1-3-28-18(27)13-11(2)22-17-14(23-24-19-21-9-10-29-19)16(20)25-26(17)15(13)12-7-5-4-6-8-12/h4-10,15,22H,3H2,1-2H3,(H2,20,25). The largest absolute Gasteiger partial charge is 0.463 e. The molecule has 0 aliphatic carbocycles. The minimum Gasteiger partial charge on any atom is -0.463 e. The first-order valence-electron chi connectivity index (χ1n) is 8.99. The summed E-state index contributed by atoms with van der Waals surface area (Å²) in [4.78, 5) is 16.8. The molecular weight excluding hydrogens is 390 g/mol. The molecule has 4 rings (SSSR count). The van der Waals surface area contributed by atoms with Crippen LogP contribution in [0.5, 0.6) is 0 Å². The maximum Gasteiger partial charge on any atom is 0.338 e. The Balaban J connectivity index is 1.84. The summed E-state index contributed by atoms with van der Waals surface area (Å²) in [6, 6.07) is 9.09. The average Bonchev–Trinajstić information content (AvgIpc) is 3.33. The van der Waals surface area contributed by atoms with Crippen molar-refractivity contribution in [2.45, 2.75) is 19.9 Å². The van der Waals surface area contributed by atoms with E-state index in [0.717, 1.165) is 5.56 Å². The van der Waals surface area contributed by atoms with Crippen LogP contribution >= 0.6 is 11.3 Å². The van der Waals surface area contributed by atoms with E-state index >= 15 is 0 Å². The molecule has 0 saturated heterocycles. The van der Waals surface area contributed by atoms with Crippen LogP contribution in [0.1, 0.15) is 25.5 Å². The van der Waals surface area contributed by atoms with Gasteiger partial charge in [0.25, 0.3) is 0 Å². The van der Waals surface area contributed by atoms with Gasteiger partial charge in [0.1, 0.15) is 6.04 Å². The van der Waals surface area contributed by atoms with Crippen LogP contribution in [0.4, 0.5) is 22.5 Å². The molecule has 1 aromatic carbocycles. The van der Waals surface area contributed by atoms with E-state index in [1.807, 2.05) is 42.6 Å². The molecule has 1 aliphatic heterocycles. The van der Waals surface area contributed by atoms with Crippen LogP contribution < -0.4 is 11.1 Å². The number of carbonyl (C=O) groups is 1. The van der Waals surface area contributed by atoms with Gasteiger partial charge in [-0.2, -0.15) is 5.10 Å². The number of nitrogens with zero attached hydrogens (tertiary/aromatic N) is 5. The van der Waals surface area contributed by atoms with Crippen LogP contribution in [0.2, 0.25) is 0 Å². The SMILES string of the molecule is CCOC(=O)C1=C(C)Nc2c(N=Nc3nccs3)c(N)nn2C1c1ccccc1. The lowest BCUT2D eigenvalue weighted by Crippen LogP contribution is -2.29. The Kier molecular flexibility index (Phi) is 5.09. The number of nitrogen functional groups attached to an aromatic ring is 1. The summed E-state index contributed by atoms with van der Waals surface area (Å²) >= 11 is 1.37. The van der Waals surface area contributed by atoms with Crippen LogP contribution in [0.3, 0.4) is 0 Å². The molecule has 3 aromatic rings. The van der Waals surface area contributed by atoms with Crippen molar-refractivity contribution < 1.29 is 9.53 Å². The molecule has 1 atom stereocenters. The first-order chi connectivity index (χ1) is 14.1. The fraction of sp³-hybridized carbons (Fsp3) is 0.211. The van der Waals surface area contributed by atoms with E-state index in [1.54, 1.807) is 17.8 Å². The third-order valence-electron chi connectivity index (χ3n) is 4.40. The zero-order valence-corrected chi connectivity index (χ0v) is 16.7. The number of nitrogens with one attached hydrogen (secondary N) is 1. The van der Waals surface area contributed by atoms with Gasteiger partial charge in [0.15, 0.2) is 17.3 Å². The second-order valence-corrected chi connectivity index (χ2v) is 7.11. The second-order valence-electron chi connectivity index (χ2n) is 6.24. The van der Waals surface area contributed by atoms with Crippen LogP contribution in [0, 0.1) is 0 Å². The molecule has 148 valence electrons. The van der Waals surface area contributed by atoms with E-state index in [9.17, 15) is 4.79 Å². The van der Waals surface area contributed by atoms with Gasteiger partial charge >= 0.3 is 5.97 Å².